The van der Waals surface area contributed by atoms with Crippen LogP contribution in [0.4, 0.5) is 0 Å². The quantitative estimate of drug-likeness (QED) is 0.594. The van der Waals surface area contributed by atoms with E-state index in [1.54, 1.807) is 0 Å². The standard InChI is InChI=1S/C5H6N2O2S/c8-10(9)4-5-3-6-1-2-7-5/h1-3,10H,4H2. The van der Waals surface area contributed by atoms with Gasteiger partial charge < -0.3 is 0 Å². The third-order valence-corrected chi connectivity index (χ3v) is 1.49. The van der Waals surface area contributed by atoms with Crippen molar-refractivity contribution in [3.8, 4) is 0 Å². The van der Waals surface area contributed by atoms with E-state index in [2.05, 4.69) is 9.97 Å². The molecule has 0 bridgehead atoms. The van der Waals surface area contributed by atoms with Crippen molar-refractivity contribution < 1.29 is 8.42 Å². The van der Waals surface area contributed by atoms with Gasteiger partial charge in [0, 0.05) is 18.6 Å². The van der Waals surface area contributed by atoms with Crippen LogP contribution in [0.3, 0.4) is 0 Å². The summed E-state index contributed by atoms with van der Waals surface area (Å²) in [4.78, 5) is 7.48. The molecule has 0 saturated heterocycles. The monoisotopic (exact) mass is 158 g/mol. The first-order chi connectivity index (χ1) is 4.79. The number of hydrogen-bond acceptors (Lipinski definition) is 4. The molecule has 1 aromatic rings. The maximum absolute atomic E-state index is 10.1. The molecule has 0 aliphatic carbocycles. The van der Waals surface area contributed by atoms with Crippen LogP contribution in [-0.2, 0) is 16.5 Å². The van der Waals surface area contributed by atoms with Gasteiger partial charge in [0.15, 0.2) is 0 Å². The number of aromatic nitrogens is 2. The minimum Gasteiger partial charge on any atom is -0.261 e. The number of rotatable bonds is 2. The van der Waals surface area contributed by atoms with Crippen LogP contribution in [0.25, 0.3) is 0 Å². The minimum absolute atomic E-state index is 0.0246. The Hall–Kier alpha value is -0.970. The van der Waals surface area contributed by atoms with Crippen molar-refractivity contribution in [2.45, 2.75) is 5.75 Å². The number of thiol groups is 1. The van der Waals surface area contributed by atoms with Crippen molar-refractivity contribution in [3.05, 3.63) is 24.3 Å². The Balaban J connectivity index is 2.77. The van der Waals surface area contributed by atoms with Crippen LogP contribution in [-0.4, -0.2) is 18.4 Å². The van der Waals surface area contributed by atoms with E-state index in [0.29, 0.717) is 5.69 Å². The summed E-state index contributed by atoms with van der Waals surface area (Å²) in [5.74, 6) is -0.0246. The molecule has 0 aliphatic rings. The zero-order valence-electron chi connectivity index (χ0n) is 5.10. The molecule has 0 unspecified atom stereocenters. The molecule has 1 heterocycles. The average molecular weight is 158 g/mol. The average Bonchev–Trinajstić information content (AvgIpc) is 1.88. The van der Waals surface area contributed by atoms with E-state index in [4.69, 9.17) is 0 Å². The summed E-state index contributed by atoms with van der Waals surface area (Å²) in [7, 11) is -2.38. The largest absolute Gasteiger partial charge is 0.261 e. The lowest BCUT2D eigenvalue weighted by atomic mass is 10.5. The van der Waals surface area contributed by atoms with E-state index < -0.39 is 10.7 Å². The fraction of sp³-hybridized carbons (Fsp3) is 0.200. The van der Waals surface area contributed by atoms with Crippen LogP contribution in [0.1, 0.15) is 5.69 Å². The maximum Gasteiger partial charge on any atom is 0.145 e. The van der Waals surface area contributed by atoms with Crippen molar-refractivity contribution in [1.29, 1.82) is 0 Å². The summed E-state index contributed by atoms with van der Waals surface area (Å²) in [5, 5.41) is 0. The predicted octanol–water partition coefficient (Wildman–Crippen LogP) is -0.412. The van der Waals surface area contributed by atoms with Gasteiger partial charge in [-0.3, -0.25) is 9.97 Å². The van der Waals surface area contributed by atoms with E-state index in [1.165, 1.54) is 18.6 Å². The van der Waals surface area contributed by atoms with E-state index in [1.807, 2.05) is 0 Å². The first-order valence-electron chi connectivity index (χ1n) is 2.66. The van der Waals surface area contributed by atoms with Gasteiger partial charge in [-0.25, -0.2) is 8.42 Å². The summed E-state index contributed by atoms with van der Waals surface area (Å²) in [5.41, 5.74) is 0.485. The normalized spacial score (nSPS) is 10.1. The predicted molar refractivity (Wildman–Crippen MR) is 36.1 cm³/mol. The fourth-order valence-electron chi connectivity index (χ4n) is 0.544. The van der Waals surface area contributed by atoms with Gasteiger partial charge in [-0.05, 0) is 0 Å². The van der Waals surface area contributed by atoms with E-state index in [0.717, 1.165) is 0 Å². The van der Waals surface area contributed by atoms with Gasteiger partial charge in [-0.15, -0.1) is 0 Å². The molecule has 0 spiro atoms. The molecule has 0 saturated carbocycles. The minimum atomic E-state index is -2.38. The van der Waals surface area contributed by atoms with Gasteiger partial charge in [0.25, 0.3) is 0 Å². The molecule has 5 heteroatoms. The second-order valence-electron chi connectivity index (χ2n) is 1.69. The van der Waals surface area contributed by atoms with Gasteiger partial charge in [0.2, 0.25) is 0 Å². The van der Waals surface area contributed by atoms with Crippen molar-refractivity contribution >= 4 is 10.7 Å². The topological polar surface area (TPSA) is 59.9 Å². The Kier molecular flexibility index (Phi) is 2.33. The van der Waals surface area contributed by atoms with Gasteiger partial charge in [-0.2, -0.15) is 0 Å². The van der Waals surface area contributed by atoms with Crippen LogP contribution < -0.4 is 0 Å². The smallest absolute Gasteiger partial charge is 0.145 e. The molecule has 0 atom stereocenters. The third-order valence-electron chi connectivity index (χ3n) is 0.908. The summed E-state index contributed by atoms with van der Waals surface area (Å²) in [6.07, 6.45) is 4.40. The SMILES string of the molecule is O=[SH](=O)Cc1cnccn1. The molecule has 0 N–H and O–H groups in total. The first kappa shape index (κ1) is 7.14. The Labute approximate surface area is 59.9 Å². The highest BCUT2D eigenvalue weighted by molar-refractivity contribution is 7.71. The summed E-state index contributed by atoms with van der Waals surface area (Å²) < 4.78 is 20.3. The van der Waals surface area contributed by atoms with Crippen LogP contribution in [0.2, 0.25) is 0 Å². The number of nitrogens with zero attached hydrogens (tertiary/aromatic N) is 2. The molecule has 0 fully saturated rings. The molecule has 54 valence electrons. The van der Waals surface area contributed by atoms with E-state index >= 15 is 0 Å². The lowest BCUT2D eigenvalue weighted by Crippen LogP contribution is -1.90. The van der Waals surface area contributed by atoms with Crippen molar-refractivity contribution in [1.82, 2.24) is 9.97 Å². The molecule has 10 heavy (non-hydrogen) atoms. The second kappa shape index (κ2) is 3.26. The molecule has 0 aromatic carbocycles. The highest BCUT2D eigenvalue weighted by Gasteiger charge is 1.92. The molecular formula is C5H6N2O2S. The molecule has 0 aliphatic heterocycles. The van der Waals surface area contributed by atoms with Crippen LogP contribution >= 0.6 is 0 Å². The van der Waals surface area contributed by atoms with Crippen molar-refractivity contribution in [2.75, 3.05) is 0 Å². The lowest BCUT2D eigenvalue weighted by Gasteiger charge is -1.88. The summed E-state index contributed by atoms with van der Waals surface area (Å²) in [6.45, 7) is 0. The Bertz CT molecular complexity index is 262. The highest BCUT2D eigenvalue weighted by atomic mass is 32.2. The van der Waals surface area contributed by atoms with Crippen LogP contribution in [0.15, 0.2) is 18.6 Å². The van der Waals surface area contributed by atoms with Crippen LogP contribution in [0, 0.1) is 0 Å². The zero-order valence-corrected chi connectivity index (χ0v) is 5.99. The molecule has 0 amide bonds. The zero-order chi connectivity index (χ0) is 7.40. The Morgan fingerprint density at radius 3 is 2.70 bits per heavy atom. The van der Waals surface area contributed by atoms with E-state index in [9.17, 15) is 8.42 Å². The Morgan fingerprint density at radius 2 is 2.20 bits per heavy atom. The molecule has 1 aromatic heterocycles. The molecule has 0 radical (unpaired) electrons. The Morgan fingerprint density at radius 1 is 1.40 bits per heavy atom. The van der Waals surface area contributed by atoms with Gasteiger partial charge in [0.1, 0.15) is 10.7 Å². The fourth-order valence-corrected chi connectivity index (χ4v) is 0.972. The highest BCUT2D eigenvalue weighted by Crippen LogP contribution is 1.90. The second-order valence-corrected chi connectivity index (χ2v) is 2.67. The molecule has 4 nitrogen and oxygen atoms in total. The van der Waals surface area contributed by atoms with Gasteiger partial charge in [0.05, 0.1) is 11.4 Å². The maximum atomic E-state index is 10.1. The van der Waals surface area contributed by atoms with Crippen molar-refractivity contribution in [2.24, 2.45) is 0 Å². The summed E-state index contributed by atoms with van der Waals surface area (Å²) >= 11 is 0. The van der Waals surface area contributed by atoms with Crippen molar-refractivity contribution in [3.63, 3.8) is 0 Å². The van der Waals surface area contributed by atoms with Gasteiger partial charge >= 0.3 is 0 Å². The van der Waals surface area contributed by atoms with Gasteiger partial charge in [-0.1, -0.05) is 0 Å². The summed E-state index contributed by atoms with van der Waals surface area (Å²) in [6, 6.07) is 0. The number of hydrogen-bond donors (Lipinski definition) is 1. The van der Waals surface area contributed by atoms with E-state index in [-0.39, 0.29) is 5.75 Å². The third kappa shape index (κ3) is 2.10. The molecule has 1 rings (SSSR count). The van der Waals surface area contributed by atoms with Crippen LogP contribution in [0.5, 0.6) is 0 Å². The molecular weight excluding hydrogens is 152 g/mol. The lowest BCUT2D eigenvalue weighted by molar-refractivity contribution is 0.613. The first-order valence-corrected chi connectivity index (χ1v) is 4.02.